The summed E-state index contributed by atoms with van der Waals surface area (Å²) < 4.78 is 5.53. The molecule has 16 heavy (non-hydrogen) atoms. The van der Waals surface area contributed by atoms with E-state index in [1.54, 1.807) is 0 Å². The second kappa shape index (κ2) is 3.99. The number of rotatable bonds is 1. The number of ether oxygens (including phenoxy) is 1. The first-order valence-electron chi connectivity index (χ1n) is 6.69. The van der Waals surface area contributed by atoms with Gasteiger partial charge in [0.2, 0.25) is 0 Å². The van der Waals surface area contributed by atoms with Crippen molar-refractivity contribution in [3.8, 4) is 0 Å². The van der Waals surface area contributed by atoms with Gasteiger partial charge in [0, 0.05) is 12.6 Å². The smallest absolute Gasteiger partial charge is 0.0683 e. The summed E-state index contributed by atoms with van der Waals surface area (Å²) in [4.78, 5) is 2.71. The molecule has 0 aliphatic carbocycles. The highest BCUT2D eigenvalue weighted by Crippen LogP contribution is 2.43. The van der Waals surface area contributed by atoms with Crippen molar-refractivity contribution in [2.24, 2.45) is 11.3 Å². The summed E-state index contributed by atoms with van der Waals surface area (Å²) in [7, 11) is 0. The Morgan fingerprint density at radius 1 is 1.19 bits per heavy atom. The first-order chi connectivity index (χ1) is 7.35. The molecule has 0 bridgehead atoms. The third-order valence-corrected chi connectivity index (χ3v) is 4.20. The molecule has 2 fully saturated rings. The van der Waals surface area contributed by atoms with Crippen LogP contribution in [0.25, 0.3) is 0 Å². The lowest BCUT2D eigenvalue weighted by Gasteiger charge is -2.52. The van der Waals surface area contributed by atoms with Crippen LogP contribution >= 0.6 is 0 Å². The first kappa shape index (κ1) is 12.4. The normalized spacial score (nSPS) is 33.8. The molecule has 2 aliphatic rings. The van der Waals surface area contributed by atoms with Gasteiger partial charge in [0.15, 0.2) is 0 Å². The highest BCUT2D eigenvalue weighted by molar-refractivity contribution is 5.02. The summed E-state index contributed by atoms with van der Waals surface area (Å²) in [6.07, 6.45) is 2.66. The minimum absolute atomic E-state index is 0.362. The number of likely N-dealkylation sites (tertiary alicyclic amines) is 1. The van der Waals surface area contributed by atoms with E-state index in [0.717, 1.165) is 19.1 Å². The third kappa shape index (κ3) is 2.14. The van der Waals surface area contributed by atoms with Crippen LogP contribution in [0.15, 0.2) is 0 Å². The zero-order valence-corrected chi connectivity index (χ0v) is 11.5. The summed E-state index contributed by atoms with van der Waals surface area (Å²) >= 11 is 0. The van der Waals surface area contributed by atoms with Gasteiger partial charge in [-0.1, -0.05) is 20.8 Å². The molecule has 2 heterocycles. The Labute approximate surface area is 100 Å². The van der Waals surface area contributed by atoms with Crippen LogP contribution in [0.3, 0.4) is 0 Å². The molecule has 94 valence electrons. The third-order valence-electron chi connectivity index (χ3n) is 4.20. The largest absolute Gasteiger partial charge is 0.377 e. The topological polar surface area (TPSA) is 12.5 Å². The van der Waals surface area contributed by atoms with E-state index in [9.17, 15) is 0 Å². The van der Waals surface area contributed by atoms with Crippen molar-refractivity contribution in [3.05, 3.63) is 0 Å². The van der Waals surface area contributed by atoms with Gasteiger partial charge in [-0.15, -0.1) is 0 Å². The van der Waals surface area contributed by atoms with Gasteiger partial charge in [0.1, 0.15) is 0 Å². The molecule has 2 heteroatoms. The van der Waals surface area contributed by atoms with Crippen molar-refractivity contribution in [2.75, 3.05) is 19.8 Å². The van der Waals surface area contributed by atoms with E-state index in [-0.39, 0.29) is 0 Å². The quantitative estimate of drug-likeness (QED) is 0.680. The zero-order chi connectivity index (χ0) is 12.0. The Bertz CT molecular complexity index is 255. The Balaban J connectivity index is 2.23. The maximum Gasteiger partial charge on any atom is 0.0683 e. The molecule has 0 amide bonds. The molecule has 0 radical (unpaired) electrons. The summed E-state index contributed by atoms with van der Waals surface area (Å²) in [6, 6.07) is 0.633. The van der Waals surface area contributed by atoms with Crippen LogP contribution in [-0.4, -0.2) is 36.2 Å². The van der Waals surface area contributed by atoms with Gasteiger partial charge in [-0.05, 0) is 38.0 Å². The van der Waals surface area contributed by atoms with E-state index in [1.807, 2.05) is 0 Å². The Morgan fingerprint density at radius 3 is 2.25 bits per heavy atom. The molecule has 0 saturated carbocycles. The van der Waals surface area contributed by atoms with Crippen LogP contribution in [0.4, 0.5) is 0 Å². The van der Waals surface area contributed by atoms with E-state index in [1.165, 1.54) is 19.4 Å². The van der Waals surface area contributed by atoms with E-state index in [2.05, 4.69) is 39.5 Å². The van der Waals surface area contributed by atoms with Gasteiger partial charge in [-0.2, -0.15) is 0 Å². The van der Waals surface area contributed by atoms with Crippen LogP contribution in [-0.2, 0) is 4.74 Å². The molecular formula is C14H27NO. The Kier molecular flexibility index (Phi) is 3.09. The average molecular weight is 225 g/mol. The molecule has 0 aromatic rings. The summed E-state index contributed by atoms with van der Waals surface area (Å²) in [5, 5.41) is 0. The average Bonchev–Trinajstić information content (AvgIpc) is 2.16. The molecule has 1 atom stereocenters. The second-order valence-corrected chi connectivity index (χ2v) is 7.12. The summed E-state index contributed by atoms with van der Waals surface area (Å²) in [5.41, 5.74) is 0.810. The molecule has 2 aliphatic heterocycles. The number of hydrogen-bond donors (Lipinski definition) is 0. The van der Waals surface area contributed by atoms with E-state index < -0.39 is 0 Å². The lowest BCUT2D eigenvalue weighted by Crippen LogP contribution is -2.64. The zero-order valence-electron chi connectivity index (χ0n) is 11.5. The predicted molar refractivity (Wildman–Crippen MR) is 67.6 cm³/mol. The number of nitrogens with zero attached hydrogens (tertiary/aromatic N) is 1. The lowest BCUT2D eigenvalue weighted by molar-refractivity contribution is -0.157. The Hall–Kier alpha value is -0.0800. The SMILES string of the molecule is CC1CC(C)(C)CN(C(C)C)C2(COC2)C1. The van der Waals surface area contributed by atoms with Crippen LogP contribution in [0.2, 0.25) is 0 Å². The van der Waals surface area contributed by atoms with Gasteiger partial charge >= 0.3 is 0 Å². The van der Waals surface area contributed by atoms with E-state index >= 15 is 0 Å². The van der Waals surface area contributed by atoms with Crippen LogP contribution in [0.5, 0.6) is 0 Å². The summed E-state index contributed by atoms with van der Waals surface area (Å²) in [6.45, 7) is 15.0. The highest BCUT2D eigenvalue weighted by Gasteiger charge is 2.49. The van der Waals surface area contributed by atoms with Crippen molar-refractivity contribution < 1.29 is 4.74 Å². The standard InChI is InChI=1S/C14H27NO/c1-11(2)15-8-13(4,5)6-12(3)7-14(15)9-16-10-14/h11-12H,6-10H2,1-5H3. The summed E-state index contributed by atoms with van der Waals surface area (Å²) in [5.74, 6) is 0.822. The van der Waals surface area contributed by atoms with Gasteiger partial charge < -0.3 is 4.74 Å². The fraction of sp³-hybridized carbons (Fsp3) is 1.00. The molecule has 2 saturated heterocycles. The fourth-order valence-corrected chi connectivity index (χ4v) is 3.83. The van der Waals surface area contributed by atoms with Gasteiger partial charge in [0.25, 0.3) is 0 Å². The maximum atomic E-state index is 5.53. The van der Waals surface area contributed by atoms with Gasteiger partial charge in [0.05, 0.1) is 18.8 Å². The molecule has 1 spiro atoms. The molecule has 0 aromatic heterocycles. The lowest BCUT2D eigenvalue weighted by atomic mass is 9.81. The van der Waals surface area contributed by atoms with Gasteiger partial charge in [-0.3, -0.25) is 4.90 Å². The van der Waals surface area contributed by atoms with Crippen molar-refractivity contribution in [1.82, 2.24) is 4.90 Å². The van der Waals surface area contributed by atoms with E-state index in [4.69, 9.17) is 4.74 Å². The fourth-order valence-electron chi connectivity index (χ4n) is 3.83. The Morgan fingerprint density at radius 2 is 1.81 bits per heavy atom. The minimum atomic E-state index is 0.362. The van der Waals surface area contributed by atoms with Crippen molar-refractivity contribution in [3.63, 3.8) is 0 Å². The van der Waals surface area contributed by atoms with Crippen LogP contribution < -0.4 is 0 Å². The molecule has 0 N–H and O–H groups in total. The molecule has 0 aromatic carbocycles. The van der Waals surface area contributed by atoms with Crippen molar-refractivity contribution >= 4 is 0 Å². The maximum absolute atomic E-state index is 5.53. The van der Waals surface area contributed by atoms with Crippen molar-refractivity contribution in [2.45, 2.75) is 59.0 Å². The molecule has 2 nitrogen and oxygen atoms in total. The van der Waals surface area contributed by atoms with Crippen LogP contribution in [0.1, 0.15) is 47.5 Å². The molecular weight excluding hydrogens is 198 g/mol. The van der Waals surface area contributed by atoms with Gasteiger partial charge in [-0.25, -0.2) is 0 Å². The number of hydrogen-bond acceptors (Lipinski definition) is 2. The molecule has 2 rings (SSSR count). The highest BCUT2D eigenvalue weighted by atomic mass is 16.5. The molecule has 1 unspecified atom stereocenters. The monoisotopic (exact) mass is 225 g/mol. The minimum Gasteiger partial charge on any atom is -0.377 e. The van der Waals surface area contributed by atoms with Crippen molar-refractivity contribution in [1.29, 1.82) is 0 Å². The predicted octanol–water partition coefficient (Wildman–Crippen LogP) is 2.92. The van der Waals surface area contributed by atoms with Crippen LogP contribution in [0, 0.1) is 11.3 Å². The first-order valence-corrected chi connectivity index (χ1v) is 6.69. The van der Waals surface area contributed by atoms with E-state index in [0.29, 0.717) is 17.0 Å². The second-order valence-electron chi connectivity index (χ2n) is 7.12.